The number of hydrogen-bond acceptors (Lipinski definition) is 2. The molecular formula is C12H9BrFNS. The Labute approximate surface area is 106 Å². The SMILES string of the molecule is CCCc1sc2c(F)ccc(Br)c2c1C#N. The average molecular weight is 298 g/mol. The first kappa shape index (κ1) is 11.6. The summed E-state index contributed by atoms with van der Waals surface area (Å²) in [7, 11) is 0. The second-order valence-corrected chi connectivity index (χ2v) is 5.45. The summed E-state index contributed by atoms with van der Waals surface area (Å²) in [5.41, 5.74) is 0.619. The summed E-state index contributed by atoms with van der Waals surface area (Å²) < 4.78 is 15.0. The van der Waals surface area contributed by atoms with E-state index >= 15 is 0 Å². The summed E-state index contributed by atoms with van der Waals surface area (Å²) in [6, 6.07) is 5.27. The lowest BCUT2D eigenvalue weighted by Gasteiger charge is -1.96. The van der Waals surface area contributed by atoms with Gasteiger partial charge in [0.05, 0.1) is 10.3 Å². The highest BCUT2D eigenvalue weighted by molar-refractivity contribution is 9.10. The van der Waals surface area contributed by atoms with Crippen molar-refractivity contribution in [3.63, 3.8) is 0 Å². The fraction of sp³-hybridized carbons (Fsp3) is 0.250. The van der Waals surface area contributed by atoms with Crippen molar-refractivity contribution in [3.8, 4) is 6.07 Å². The number of nitriles is 1. The molecule has 1 aromatic carbocycles. The number of fused-ring (bicyclic) bond motifs is 1. The van der Waals surface area contributed by atoms with E-state index in [2.05, 4.69) is 28.9 Å². The van der Waals surface area contributed by atoms with E-state index in [0.717, 1.165) is 27.6 Å². The van der Waals surface area contributed by atoms with E-state index in [9.17, 15) is 4.39 Å². The van der Waals surface area contributed by atoms with Gasteiger partial charge in [0.2, 0.25) is 0 Å². The number of benzene rings is 1. The molecule has 1 aromatic heterocycles. The number of thiophene rings is 1. The van der Waals surface area contributed by atoms with E-state index in [0.29, 0.717) is 10.3 Å². The van der Waals surface area contributed by atoms with Crippen LogP contribution in [-0.4, -0.2) is 0 Å². The van der Waals surface area contributed by atoms with Crippen LogP contribution in [0, 0.1) is 17.1 Å². The number of nitrogens with zero attached hydrogens (tertiary/aromatic N) is 1. The predicted octanol–water partition coefficient (Wildman–Crippen LogP) is 4.63. The minimum Gasteiger partial charge on any atom is -0.205 e. The fourth-order valence-electron chi connectivity index (χ4n) is 1.70. The van der Waals surface area contributed by atoms with Crippen LogP contribution in [0.15, 0.2) is 16.6 Å². The summed E-state index contributed by atoms with van der Waals surface area (Å²) in [4.78, 5) is 0.978. The lowest BCUT2D eigenvalue weighted by atomic mass is 10.1. The van der Waals surface area contributed by atoms with Gasteiger partial charge in [-0.25, -0.2) is 4.39 Å². The van der Waals surface area contributed by atoms with Gasteiger partial charge < -0.3 is 0 Å². The van der Waals surface area contributed by atoms with Gasteiger partial charge in [-0.3, -0.25) is 0 Å². The Bertz CT molecular complexity index is 583. The molecule has 0 amide bonds. The number of aryl methyl sites for hydroxylation is 1. The Hall–Kier alpha value is -0.920. The number of hydrogen-bond donors (Lipinski definition) is 0. The van der Waals surface area contributed by atoms with Gasteiger partial charge >= 0.3 is 0 Å². The van der Waals surface area contributed by atoms with Gasteiger partial charge in [0.15, 0.2) is 0 Å². The lowest BCUT2D eigenvalue weighted by molar-refractivity contribution is 0.641. The highest BCUT2D eigenvalue weighted by Crippen LogP contribution is 2.37. The molecule has 0 N–H and O–H groups in total. The lowest BCUT2D eigenvalue weighted by Crippen LogP contribution is -1.82. The zero-order valence-electron chi connectivity index (χ0n) is 8.68. The van der Waals surface area contributed by atoms with Crippen LogP contribution in [0.5, 0.6) is 0 Å². The monoisotopic (exact) mass is 297 g/mol. The van der Waals surface area contributed by atoms with Gasteiger partial charge in [-0.05, 0) is 18.6 Å². The first-order chi connectivity index (χ1) is 7.69. The second-order valence-electron chi connectivity index (χ2n) is 3.50. The van der Waals surface area contributed by atoms with Crippen molar-refractivity contribution in [2.75, 3.05) is 0 Å². The van der Waals surface area contributed by atoms with Gasteiger partial charge in [0.25, 0.3) is 0 Å². The molecule has 0 saturated heterocycles. The third-order valence-corrected chi connectivity index (χ3v) is 4.32. The van der Waals surface area contributed by atoms with Crippen LogP contribution in [0.2, 0.25) is 0 Å². The maximum Gasteiger partial charge on any atom is 0.141 e. The Balaban J connectivity index is 2.83. The molecule has 0 bridgehead atoms. The molecule has 0 atom stereocenters. The first-order valence-electron chi connectivity index (χ1n) is 4.98. The molecule has 0 aliphatic rings. The normalized spacial score (nSPS) is 10.6. The van der Waals surface area contributed by atoms with Gasteiger partial charge in [-0.1, -0.05) is 29.3 Å². The van der Waals surface area contributed by atoms with E-state index in [1.807, 2.05) is 0 Å². The molecule has 1 heterocycles. The van der Waals surface area contributed by atoms with Crippen molar-refractivity contribution in [2.45, 2.75) is 19.8 Å². The molecule has 0 fully saturated rings. The highest BCUT2D eigenvalue weighted by atomic mass is 79.9. The molecule has 0 saturated carbocycles. The fourth-order valence-corrected chi connectivity index (χ4v) is 3.64. The molecule has 4 heteroatoms. The van der Waals surface area contributed by atoms with Crippen molar-refractivity contribution in [3.05, 3.63) is 32.9 Å². The maximum atomic E-state index is 13.6. The molecule has 2 aromatic rings. The molecule has 16 heavy (non-hydrogen) atoms. The summed E-state index contributed by atoms with van der Waals surface area (Å²) in [6.45, 7) is 2.05. The first-order valence-corrected chi connectivity index (χ1v) is 6.59. The quantitative estimate of drug-likeness (QED) is 0.793. The van der Waals surface area contributed by atoms with Gasteiger partial charge in [-0.15, -0.1) is 11.3 Å². The number of rotatable bonds is 2. The summed E-state index contributed by atoms with van der Waals surface area (Å²) >= 11 is 4.76. The average Bonchev–Trinajstić information content (AvgIpc) is 2.64. The van der Waals surface area contributed by atoms with Crippen molar-refractivity contribution in [1.82, 2.24) is 0 Å². The Morgan fingerprint density at radius 1 is 1.50 bits per heavy atom. The molecular weight excluding hydrogens is 289 g/mol. The van der Waals surface area contributed by atoms with Crippen molar-refractivity contribution in [1.29, 1.82) is 5.26 Å². The largest absolute Gasteiger partial charge is 0.205 e. The molecule has 0 radical (unpaired) electrons. The Morgan fingerprint density at radius 3 is 2.88 bits per heavy atom. The van der Waals surface area contributed by atoms with E-state index in [-0.39, 0.29) is 5.82 Å². The van der Waals surface area contributed by atoms with Crippen LogP contribution in [-0.2, 0) is 6.42 Å². The zero-order chi connectivity index (χ0) is 11.7. The smallest absolute Gasteiger partial charge is 0.141 e. The van der Waals surface area contributed by atoms with Crippen LogP contribution >= 0.6 is 27.3 Å². The van der Waals surface area contributed by atoms with Crippen molar-refractivity contribution < 1.29 is 4.39 Å². The highest BCUT2D eigenvalue weighted by Gasteiger charge is 2.16. The topological polar surface area (TPSA) is 23.8 Å². The summed E-state index contributed by atoms with van der Waals surface area (Å²) in [6.07, 6.45) is 1.79. The Kier molecular flexibility index (Phi) is 3.27. The molecule has 0 aliphatic heterocycles. The van der Waals surface area contributed by atoms with Crippen LogP contribution in [0.3, 0.4) is 0 Å². The van der Waals surface area contributed by atoms with E-state index in [1.54, 1.807) is 6.07 Å². The van der Waals surface area contributed by atoms with E-state index in [4.69, 9.17) is 5.26 Å². The zero-order valence-corrected chi connectivity index (χ0v) is 11.1. The van der Waals surface area contributed by atoms with Gasteiger partial charge in [-0.2, -0.15) is 5.26 Å². The van der Waals surface area contributed by atoms with Crippen molar-refractivity contribution >= 4 is 37.4 Å². The molecule has 82 valence electrons. The van der Waals surface area contributed by atoms with E-state index in [1.165, 1.54) is 17.4 Å². The van der Waals surface area contributed by atoms with Crippen LogP contribution in [0.1, 0.15) is 23.8 Å². The maximum absolute atomic E-state index is 13.6. The van der Waals surface area contributed by atoms with Crippen LogP contribution in [0.4, 0.5) is 4.39 Å². The summed E-state index contributed by atoms with van der Waals surface area (Å²) in [5.74, 6) is -0.248. The van der Waals surface area contributed by atoms with Crippen LogP contribution in [0.25, 0.3) is 10.1 Å². The third-order valence-electron chi connectivity index (χ3n) is 2.40. The molecule has 2 rings (SSSR count). The van der Waals surface area contributed by atoms with Crippen molar-refractivity contribution in [2.24, 2.45) is 0 Å². The summed E-state index contributed by atoms with van der Waals surface area (Å²) in [5, 5.41) is 9.88. The molecule has 0 unspecified atom stereocenters. The van der Waals surface area contributed by atoms with Gasteiger partial charge in [0, 0.05) is 14.7 Å². The van der Waals surface area contributed by atoms with Crippen LogP contribution < -0.4 is 0 Å². The minimum absolute atomic E-state index is 0.248. The predicted molar refractivity (Wildman–Crippen MR) is 68.2 cm³/mol. The van der Waals surface area contributed by atoms with E-state index < -0.39 is 0 Å². The molecule has 1 nitrogen and oxygen atoms in total. The molecule has 0 aliphatic carbocycles. The second kappa shape index (κ2) is 4.52. The third kappa shape index (κ3) is 1.74. The number of halogens is 2. The standard InChI is InChI=1S/C12H9BrFNS/c1-2-3-10-7(6-15)11-8(13)4-5-9(14)12(11)16-10/h4-5H,2-3H2,1H3. The van der Waals surface area contributed by atoms with Gasteiger partial charge in [0.1, 0.15) is 11.9 Å². The Morgan fingerprint density at radius 2 is 2.25 bits per heavy atom. The minimum atomic E-state index is -0.248. The molecule has 0 spiro atoms.